The Morgan fingerprint density at radius 1 is 1.14 bits per heavy atom. The van der Waals surface area contributed by atoms with Crippen LogP contribution in [0.5, 0.6) is 5.75 Å². The van der Waals surface area contributed by atoms with Gasteiger partial charge in [-0.15, -0.1) is 0 Å². The van der Waals surface area contributed by atoms with Crippen LogP contribution in [0.25, 0.3) is 0 Å². The molecule has 2 rings (SSSR count). The Morgan fingerprint density at radius 3 is 2.23 bits per heavy atom. The van der Waals surface area contributed by atoms with Crippen LogP contribution in [0.4, 0.5) is 13.2 Å². The molecule has 1 aromatic heterocycles. The van der Waals surface area contributed by atoms with Crippen LogP contribution < -0.4 is 10.1 Å². The Bertz CT molecular complexity index is 627. The Hall–Kier alpha value is -2.57. The predicted molar refractivity (Wildman–Crippen MR) is 73.5 cm³/mol. The van der Waals surface area contributed by atoms with Crippen molar-refractivity contribution >= 4 is 5.91 Å². The first kappa shape index (κ1) is 15.8. The van der Waals surface area contributed by atoms with Crippen molar-refractivity contribution in [1.29, 1.82) is 0 Å². The fourth-order valence-electron chi connectivity index (χ4n) is 1.87. The molecule has 1 heterocycles. The molecule has 7 heteroatoms. The number of amides is 1. The molecule has 1 aromatic carbocycles. The van der Waals surface area contributed by atoms with Gasteiger partial charge in [0.15, 0.2) is 6.04 Å². The number of aromatic nitrogens is 1. The van der Waals surface area contributed by atoms with Crippen molar-refractivity contribution in [2.24, 2.45) is 0 Å². The van der Waals surface area contributed by atoms with Crippen LogP contribution in [-0.4, -0.2) is 24.2 Å². The number of nitrogens with zero attached hydrogens (tertiary/aromatic N) is 1. The smallest absolute Gasteiger partial charge is 0.412 e. The van der Waals surface area contributed by atoms with Crippen molar-refractivity contribution in [3.8, 4) is 5.75 Å². The molecule has 0 spiro atoms. The summed E-state index contributed by atoms with van der Waals surface area (Å²) in [6.45, 7) is 0. The Kier molecular flexibility index (Phi) is 4.65. The zero-order chi connectivity index (χ0) is 16.2. The Morgan fingerprint density at radius 2 is 1.73 bits per heavy atom. The lowest BCUT2D eigenvalue weighted by Gasteiger charge is -2.22. The summed E-state index contributed by atoms with van der Waals surface area (Å²) in [5, 5.41) is 1.99. The van der Waals surface area contributed by atoms with Crippen molar-refractivity contribution in [2.45, 2.75) is 12.2 Å². The number of ether oxygens (including phenoxy) is 1. The van der Waals surface area contributed by atoms with Crippen molar-refractivity contribution in [1.82, 2.24) is 10.3 Å². The molecule has 0 saturated carbocycles. The van der Waals surface area contributed by atoms with Crippen LogP contribution >= 0.6 is 0 Å². The maximum absolute atomic E-state index is 13.2. The number of methoxy groups -OCH3 is 1. The first-order valence-corrected chi connectivity index (χ1v) is 6.33. The van der Waals surface area contributed by atoms with Gasteiger partial charge >= 0.3 is 6.18 Å². The standard InChI is InChI=1S/C15H13F3N2O2/c1-22-12-4-2-10(3-5-12)13(15(16,17)18)20-14(21)11-6-8-19-9-7-11/h2-9,13H,1H3,(H,20,21). The zero-order valence-electron chi connectivity index (χ0n) is 11.6. The second-order valence-electron chi connectivity index (χ2n) is 4.46. The molecule has 0 aliphatic rings. The van der Waals surface area contributed by atoms with Crippen molar-refractivity contribution in [2.75, 3.05) is 7.11 Å². The third-order valence-corrected chi connectivity index (χ3v) is 2.99. The minimum atomic E-state index is -4.61. The van der Waals surface area contributed by atoms with Crippen LogP contribution in [0.15, 0.2) is 48.8 Å². The molecular weight excluding hydrogens is 297 g/mol. The van der Waals surface area contributed by atoms with E-state index < -0.39 is 18.1 Å². The van der Waals surface area contributed by atoms with E-state index in [0.717, 1.165) is 0 Å². The lowest BCUT2D eigenvalue weighted by Crippen LogP contribution is -2.38. The van der Waals surface area contributed by atoms with Gasteiger partial charge in [0.05, 0.1) is 7.11 Å². The number of nitrogens with one attached hydrogen (secondary N) is 1. The topological polar surface area (TPSA) is 51.2 Å². The van der Waals surface area contributed by atoms with Gasteiger partial charge in [0, 0.05) is 18.0 Å². The van der Waals surface area contributed by atoms with E-state index in [1.165, 1.54) is 55.9 Å². The number of carbonyl (C=O) groups excluding carboxylic acids is 1. The summed E-state index contributed by atoms with van der Waals surface area (Å²) in [6, 6.07) is 5.94. The van der Waals surface area contributed by atoms with Gasteiger partial charge in [0.25, 0.3) is 5.91 Å². The van der Waals surface area contributed by atoms with E-state index in [1.54, 1.807) is 0 Å². The summed E-state index contributed by atoms with van der Waals surface area (Å²) >= 11 is 0. The van der Waals surface area contributed by atoms with E-state index in [9.17, 15) is 18.0 Å². The molecule has 0 aliphatic carbocycles. The van der Waals surface area contributed by atoms with Crippen LogP contribution in [0, 0.1) is 0 Å². The summed E-state index contributed by atoms with van der Waals surface area (Å²) in [5.74, 6) is -0.384. The van der Waals surface area contributed by atoms with E-state index in [2.05, 4.69) is 4.98 Å². The summed E-state index contributed by atoms with van der Waals surface area (Å²) in [4.78, 5) is 15.7. The Labute approximate surface area is 124 Å². The molecule has 0 fully saturated rings. The molecule has 1 atom stereocenters. The fourth-order valence-corrected chi connectivity index (χ4v) is 1.87. The lowest BCUT2D eigenvalue weighted by molar-refractivity contribution is -0.155. The first-order valence-electron chi connectivity index (χ1n) is 6.33. The highest BCUT2D eigenvalue weighted by atomic mass is 19.4. The van der Waals surface area contributed by atoms with Gasteiger partial charge < -0.3 is 10.1 Å². The average Bonchev–Trinajstić information content (AvgIpc) is 2.52. The molecule has 0 bridgehead atoms. The zero-order valence-corrected chi connectivity index (χ0v) is 11.6. The van der Waals surface area contributed by atoms with Crippen LogP contribution in [0.3, 0.4) is 0 Å². The van der Waals surface area contributed by atoms with Gasteiger partial charge in [-0.1, -0.05) is 12.1 Å². The fraction of sp³-hybridized carbons (Fsp3) is 0.200. The van der Waals surface area contributed by atoms with E-state index in [4.69, 9.17) is 4.74 Å². The number of benzene rings is 1. The van der Waals surface area contributed by atoms with E-state index in [0.29, 0.717) is 5.75 Å². The SMILES string of the molecule is COc1ccc(C(NC(=O)c2ccncc2)C(F)(F)F)cc1. The number of pyridine rings is 1. The van der Waals surface area contributed by atoms with Crippen molar-refractivity contribution in [3.05, 3.63) is 59.9 Å². The molecular formula is C15H13F3N2O2. The summed E-state index contributed by atoms with van der Waals surface area (Å²) in [6.07, 6.45) is -1.94. The molecule has 2 aromatic rings. The number of carbonyl (C=O) groups is 1. The van der Waals surface area contributed by atoms with Gasteiger partial charge in [-0.05, 0) is 29.8 Å². The van der Waals surface area contributed by atoms with Crippen LogP contribution in [-0.2, 0) is 0 Å². The third-order valence-electron chi connectivity index (χ3n) is 2.99. The molecule has 1 amide bonds. The van der Waals surface area contributed by atoms with Gasteiger partial charge in [-0.3, -0.25) is 9.78 Å². The third kappa shape index (κ3) is 3.75. The summed E-state index contributed by atoms with van der Waals surface area (Å²) in [5.41, 5.74) is 0.0356. The average molecular weight is 310 g/mol. The summed E-state index contributed by atoms with van der Waals surface area (Å²) in [7, 11) is 1.42. The molecule has 0 radical (unpaired) electrons. The number of rotatable bonds is 4. The van der Waals surface area contributed by atoms with Gasteiger partial charge in [-0.25, -0.2) is 0 Å². The van der Waals surface area contributed by atoms with E-state index in [1.807, 2.05) is 5.32 Å². The Balaban J connectivity index is 2.25. The monoisotopic (exact) mass is 310 g/mol. The number of hydrogen-bond donors (Lipinski definition) is 1. The molecule has 116 valence electrons. The number of hydrogen-bond acceptors (Lipinski definition) is 3. The van der Waals surface area contributed by atoms with Gasteiger partial charge in [-0.2, -0.15) is 13.2 Å². The summed E-state index contributed by atoms with van der Waals surface area (Å²) < 4.78 is 44.5. The van der Waals surface area contributed by atoms with Crippen LogP contribution in [0.1, 0.15) is 22.0 Å². The quantitative estimate of drug-likeness (QED) is 0.944. The number of halogens is 3. The second kappa shape index (κ2) is 6.46. The predicted octanol–water partition coefficient (Wildman–Crippen LogP) is 3.12. The molecule has 22 heavy (non-hydrogen) atoms. The molecule has 1 unspecified atom stereocenters. The van der Waals surface area contributed by atoms with E-state index in [-0.39, 0.29) is 11.1 Å². The minimum absolute atomic E-state index is 0.0734. The molecule has 1 N–H and O–H groups in total. The highest BCUT2D eigenvalue weighted by molar-refractivity contribution is 5.94. The van der Waals surface area contributed by atoms with Crippen molar-refractivity contribution in [3.63, 3.8) is 0 Å². The lowest BCUT2D eigenvalue weighted by atomic mass is 10.1. The maximum Gasteiger partial charge on any atom is 0.412 e. The van der Waals surface area contributed by atoms with Gasteiger partial charge in [0.2, 0.25) is 0 Å². The highest BCUT2D eigenvalue weighted by Crippen LogP contribution is 2.33. The minimum Gasteiger partial charge on any atom is -0.497 e. The first-order chi connectivity index (χ1) is 10.4. The molecule has 0 saturated heterocycles. The normalized spacial score (nSPS) is 12.5. The molecule has 0 aliphatic heterocycles. The van der Waals surface area contributed by atoms with Crippen LogP contribution in [0.2, 0.25) is 0 Å². The number of alkyl halides is 3. The van der Waals surface area contributed by atoms with Gasteiger partial charge in [0.1, 0.15) is 5.75 Å². The second-order valence-corrected chi connectivity index (χ2v) is 4.46. The highest BCUT2D eigenvalue weighted by Gasteiger charge is 2.42. The molecule has 4 nitrogen and oxygen atoms in total. The van der Waals surface area contributed by atoms with E-state index >= 15 is 0 Å². The van der Waals surface area contributed by atoms with Crippen molar-refractivity contribution < 1.29 is 22.7 Å². The largest absolute Gasteiger partial charge is 0.497 e. The maximum atomic E-state index is 13.2.